The SMILES string of the molecule is NCCc1cc(F)ccc1OCc1noc(C2CC2)n1. The predicted octanol–water partition coefficient (Wildman–Crippen LogP) is 2.17. The molecule has 0 atom stereocenters. The van der Waals surface area contributed by atoms with Crippen LogP contribution in [0.1, 0.15) is 36.0 Å². The molecule has 1 aromatic heterocycles. The van der Waals surface area contributed by atoms with Crippen LogP contribution in [0.4, 0.5) is 4.39 Å². The summed E-state index contributed by atoms with van der Waals surface area (Å²) in [4.78, 5) is 4.28. The zero-order valence-corrected chi connectivity index (χ0v) is 11.0. The molecule has 2 aromatic rings. The third kappa shape index (κ3) is 2.96. The van der Waals surface area contributed by atoms with Gasteiger partial charge in [-0.25, -0.2) is 4.39 Å². The Bertz CT molecular complexity index is 596. The van der Waals surface area contributed by atoms with Crippen LogP contribution in [0.3, 0.4) is 0 Å². The van der Waals surface area contributed by atoms with Crippen molar-refractivity contribution < 1.29 is 13.7 Å². The van der Waals surface area contributed by atoms with E-state index in [4.69, 9.17) is 15.0 Å². The van der Waals surface area contributed by atoms with Crippen molar-refractivity contribution in [2.24, 2.45) is 5.73 Å². The van der Waals surface area contributed by atoms with Crippen LogP contribution in [0, 0.1) is 5.82 Å². The van der Waals surface area contributed by atoms with E-state index in [9.17, 15) is 4.39 Å². The van der Waals surface area contributed by atoms with Gasteiger partial charge in [0.15, 0.2) is 6.61 Å². The Morgan fingerprint density at radius 2 is 2.25 bits per heavy atom. The van der Waals surface area contributed by atoms with E-state index in [1.807, 2.05) is 0 Å². The van der Waals surface area contributed by atoms with Crippen molar-refractivity contribution in [3.8, 4) is 5.75 Å². The first-order chi connectivity index (χ1) is 9.76. The van der Waals surface area contributed by atoms with Gasteiger partial charge in [-0.2, -0.15) is 4.98 Å². The van der Waals surface area contributed by atoms with Crippen LogP contribution in [-0.2, 0) is 13.0 Å². The third-order valence-electron chi connectivity index (χ3n) is 3.20. The van der Waals surface area contributed by atoms with Crippen molar-refractivity contribution in [3.05, 3.63) is 41.3 Å². The second-order valence-electron chi connectivity index (χ2n) is 4.90. The van der Waals surface area contributed by atoms with Gasteiger partial charge in [-0.1, -0.05) is 5.16 Å². The molecule has 0 unspecified atom stereocenters. The minimum atomic E-state index is -0.295. The Labute approximate surface area is 115 Å². The summed E-state index contributed by atoms with van der Waals surface area (Å²) in [7, 11) is 0. The lowest BCUT2D eigenvalue weighted by Gasteiger charge is -2.09. The number of hydrogen-bond acceptors (Lipinski definition) is 5. The largest absolute Gasteiger partial charge is 0.485 e. The highest BCUT2D eigenvalue weighted by Crippen LogP contribution is 2.38. The fraction of sp³-hybridized carbons (Fsp3) is 0.429. The molecule has 6 heteroatoms. The minimum absolute atomic E-state index is 0.208. The molecule has 20 heavy (non-hydrogen) atoms. The van der Waals surface area contributed by atoms with Crippen LogP contribution in [0.15, 0.2) is 22.7 Å². The third-order valence-corrected chi connectivity index (χ3v) is 3.20. The molecule has 1 heterocycles. The van der Waals surface area contributed by atoms with Gasteiger partial charge in [-0.15, -0.1) is 0 Å². The highest BCUT2D eigenvalue weighted by Gasteiger charge is 2.29. The molecular formula is C14H16FN3O2. The van der Waals surface area contributed by atoms with Crippen LogP contribution in [-0.4, -0.2) is 16.7 Å². The maximum Gasteiger partial charge on any atom is 0.229 e. The monoisotopic (exact) mass is 277 g/mol. The number of nitrogens with two attached hydrogens (primary N) is 1. The fourth-order valence-electron chi connectivity index (χ4n) is 2.00. The first-order valence-corrected chi connectivity index (χ1v) is 6.70. The number of hydrogen-bond donors (Lipinski definition) is 1. The van der Waals surface area contributed by atoms with Crippen LogP contribution < -0.4 is 10.5 Å². The molecule has 1 fully saturated rings. The van der Waals surface area contributed by atoms with Crippen molar-refractivity contribution in [1.29, 1.82) is 0 Å². The van der Waals surface area contributed by atoms with E-state index in [1.54, 1.807) is 6.07 Å². The molecule has 106 valence electrons. The zero-order valence-electron chi connectivity index (χ0n) is 11.0. The Kier molecular flexibility index (Phi) is 3.64. The van der Waals surface area contributed by atoms with E-state index < -0.39 is 0 Å². The maximum atomic E-state index is 13.2. The lowest BCUT2D eigenvalue weighted by Crippen LogP contribution is -2.06. The van der Waals surface area contributed by atoms with E-state index in [0.29, 0.717) is 36.3 Å². The second-order valence-corrected chi connectivity index (χ2v) is 4.90. The zero-order chi connectivity index (χ0) is 13.9. The van der Waals surface area contributed by atoms with Crippen molar-refractivity contribution >= 4 is 0 Å². The van der Waals surface area contributed by atoms with Crippen LogP contribution in [0.2, 0.25) is 0 Å². The lowest BCUT2D eigenvalue weighted by atomic mass is 10.1. The Morgan fingerprint density at radius 1 is 1.40 bits per heavy atom. The molecule has 0 amide bonds. The van der Waals surface area contributed by atoms with E-state index in [1.165, 1.54) is 12.1 Å². The smallest absolute Gasteiger partial charge is 0.229 e. The van der Waals surface area contributed by atoms with Crippen LogP contribution in [0.5, 0.6) is 5.75 Å². The molecular weight excluding hydrogens is 261 g/mol. The Morgan fingerprint density at radius 3 is 3.00 bits per heavy atom. The standard InChI is InChI=1S/C14H16FN3O2/c15-11-3-4-12(10(7-11)5-6-16)19-8-13-17-14(20-18-13)9-1-2-9/h3-4,7,9H,1-2,5-6,8,16H2. The van der Waals surface area contributed by atoms with E-state index in [2.05, 4.69) is 10.1 Å². The number of aromatic nitrogens is 2. The molecule has 0 aliphatic heterocycles. The van der Waals surface area contributed by atoms with Gasteiger partial charge in [0.1, 0.15) is 11.6 Å². The quantitative estimate of drug-likeness (QED) is 0.875. The van der Waals surface area contributed by atoms with Crippen molar-refractivity contribution in [2.45, 2.75) is 31.8 Å². The van der Waals surface area contributed by atoms with Gasteiger partial charge in [-0.3, -0.25) is 0 Å². The number of ether oxygens (including phenoxy) is 1. The summed E-state index contributed by atoms with van der Waals surface area (Å²) in [5, 5.41) is 3.88. The topological polar surface area (TPSA) is 74.2 Å². The van der Waals surface area contributed by atoms with Gasteiger partial charge in [-0.05, 0) is 49.6 Å². The van der Waals surface area contributed by atoms with Crippen LogP contribution in [0.25, 0.3) is 0 Å². The molecule has 0 spiro atoms. The van der Waals surface area contributed by atoms with Gasteiger partial charge in [0.2, 0.25) is 11.7 Å². The van der Waals surface area contributed by atoms with Crippen molar-refractivity contribution in [1.82, 2.24) is 10.1 Å². The number of rotatable bonds is 6. The van der Waals surface area contributed by atoms with E-state index in [0.717, 1.165) is 18.4 Å². The first-order valence-electron chi connectivity index (χ1n) is 6.70. The minimum Gasteiger partial charge on any atom is -0.485 e. The average molecular weight is 277 g/mol. The molecule has 0 saturated heterocycles. The van der Waals surface area contributed by atoms with Gasteiger partial charge in [0, 0.05) is 5.92 Å². The van der Waals surface area contributed by atoms with Crippen LogP contribution >= 0.6 is 0 Å². The number of halogens is 1. The molecule has 1 saturated carbocycles. The Balaban J connectivity index is 1.67. The predicted molar refractivity (Wildman–Crippen MR) is 69.8 cm³/mol. The number of benzene rings is 1. The average Bonchev–Trinajstić information content (AvgIpc) is 3.18. The highest BCUT2D eigenvalue weighted by molar-refractivity contribution is 5.34. The summed E-state index contributed by atoms with van der Waals surface area (Å²) in [6.45, 7) is 0.646. The Hall–Kier alpha value is -1.95. The normalized spacial score (nSPS) is 14.5. The summed E-state index contributed by atoms with van der Waals surface area (Å²) in [5.41, 5.74) is 6.26. The first kappa shape index (κ1) is 13.1. The fourth-order valence-corrected chi connectivity index (χ4v) is 2.00. The summed E-state index contributed by atoms with van der Waals surface area (Å²) in [5.74, 6) is 1.93. The maximum absolute atomic E-state index is 13.2. The highest BCUT2D eigenvalue weighted by atomic mass is 19.1. The number of nitrogens with zero attached hydrogens (tertiary/aromatic N) is 2. The van der Waals surface area contributed by atoms with Crippen molar-refractivity contribution in [3.63, 3.8) is 0 Å². The van der Waals surface area contributed by atoms with Crippen molar-refractivity contribution in [2.75, 3.05) is 6.54 Å². The molecule has 1 aliphatic carbocycles. The van der Waals surface area contributed by atoms with Gasteiger partial charge < -0.3 is 15.0 Å². The summed E-state index contributed by atoms with van der Waals surface area (Å²) < 4.78 is 24.0. The molecule has 3 rings (SSSR count). The van der Waals surface area contributed by atoms with Gasteiger partial charge >= 0.3 is 0 Å². The lowest BCUT2D eigenvalue weighted by molar-refractivity contribution is 0.282. The molecule has 0 bridgehead atoms. The molecule has 2 N–H and O–H groups in total. The second kappa shape index (κ2) is 5.58. The molecule has 1 aliphatic rings. The molecule has 5 nitrogen and oxygen atoms in total. The van der Waals surface area contributed by atoms with Gasteiger partial charge in [0.25, 0.3) is 0 Å². The van der Waals surface area contributed by atoms with E-state index >= 15 is 0 Å². The molecule has 1 aromatic carbocycles. The summed E-state index contributed by atoms with van der Waals surface area (Å²) in [6.07, 6.45) is 2.79. The molecule has 0 radical (unpaired) electrons. The summed E-state index contributed by atoms with van der Waals surface area (Å²) in [6, 6.07) is 4.40. The summed E-state index contributed by atoms with van der Waals surface area (Å²) >= 11 is 0. The van der Waals surface area contributed by atoms with Gasteiger partial charge in [0.05, 0.1) is 0 Å². The van der Waals surface area contributed by atoms with E-state index in [-0.39, 0.29) is 12.4 Å².